The number of rotatable bonds is 10. The molecule has 8 nitrogen and oxygen atoms in total. The van der Waals surface area contributed by atoms with Gasteiger partial charge >= 0.3 is 5.97 Å². The van der Waals surface area contributed by atoms with Crippen LogP contribution < -0.4 is 14.8 Å². The number of carbonyl (C=O) groups is 2. The molecule has 2 rings (SSSR count). The molecule has 2 N–H and O–H groups in total. The van der Waals surface area contributed by atoms with Gasteiger partial charge in [0.05, 0.1) is 17.9 Å². The monoisotopic (exact) mass is 370 g/mol. The number of amides is 1. The van der Waals surface area contributed by atoms with Gasteiger partial charge in [-0.05, 0) is 44.0 Å². The fourth-order valence-electron chi connectivity index (χ4n) is 1.97. The van der Waals surface area contributed by atoms with Gasteiger partial charge in [-0.3, -0.25) is 9.59 Å². The van der Waals surface area contributed by atoms with Gasteiger partial charge in [-0.2, -0.15) is 0 Å². The van der Waals surface area contributed by atoms with E-state index < -0.39 is 16.0 Å². The summed E-state index contributed by atoms with van der Waals surface area (Å²) in [6, 6.07) is 6.17. The van der Waals surface area contributed by atoms with Gasteiger partial charge < -0.3 is 14.8 Å². The fraction of sp³-hybridized carbons (Fsp3) is 0.500. The minimum Gasteiger partial charge on any atom is -0.494 e. The Morgan fingerprint density at radius 1 is 1.20 bits per heavy atom. The average Bonchev–Trinajstić information content (AvgIpc) is 3.37. The number of benzene rings is 1. The third kappa shape index (κ3) is 6.71. The highest BCUT2D eigenvalue weighted by Gasteiger charge is 2.23. The molecule has 1 aliphatic rings. The topological polar surface area (TPSA) is 111 Å². The van der Waals surface area contributed by atoms with Crippen LogP contribution in [0, 0.1) is 0 Å². The van der Waals surface area contributed by atoms with Crippen molar-refractivity contribution in [3.8, 4) is 5.75 Å². The molecule has 0 atom stereocenters. The first-order chi connectivity index (χ1) is 11.9. The maximum absolute atomic E-state index is 12.1. The van der Waals surface area contributed by atoms with E-state index in [1.54, 1.807) is 12.1 Å². The van der Waals surface area contributed by atoms with E-state index in [1.807, 2.05) is 6.92 Å². The van der Waals surface area contributed by atoms with E-state index in [9.17, 15) is 18.0 Å². The molecular weight excluding hydrogens is 348 g/mol. The predicted molar refractivity (Wildman–Crippen MR) is 89.5 cm³/mol. The first-order valence-corrected chi connectivity index (χ1v) is 9.56. The molecule has 138 valence electrons. The van der Waals surface area contributed by atoms with Crippen molar-refractivity contribution in [1.82, 2.24) is 10.0 Å². The van der Waals surface area contributed by atoms with E-state index >= 15 is 0 Å². The third-order valence-electron chi connectivity index (χ3n) is 3.37. The fourth-order valence-corrected chi connectivity index (χ4v) is 3.00. The zero-order chi connectivity index (χ0) is 18.3. The molecule has 1 aliphatic carbocycles. The van der Waals surface area contributed by atoms with Crippen molar-refractivity contribution < 1.29 is 27.5 Å². The quantitative estimate of drug-likeness (QED) is 0.583. The normalized spacial score (nSPS) is 14.0. The van der Waals surface area contributed by atoms with Gasteiger partial charge in [0.25, 0.3) is 5.91 Å². The minimum atomic E-state index is -3.72. The van der Waals surface area contributed by atoms with Crippen molar-refractivity contribution in [3.05, 3.63) is 24.3 Å². The summed E-state index contributed by atoms with van der Waals surface area (Å²) in [7, 11) is -3.72. The van der Waals surface area contributed by atoms with Crippen LogP contribution in [0.2, 0.25) is 0 Å². The highest BCUT2D eigenvalue weighted by Crippen LogP contribution is 2.18. The van der Waals surface area contributed by atoms with E-state index in [2.05, 4.69) is 10.0 Å². The Morgan fingerprint density at radius 3 is 2.48 bits per heavy atom. The lowest BCUT2D eigenvalue weighted by Crippen LogP contribution is -2.31. The molecule has 0 bridgehead atoms. The van der Waals surface area contributed by atoms with Crippen molar-refractivity contribution in [1.29, 1.82) is 0 Å². The van der Waals surface area contributed by atoms with Crippen molar-refractivity contribution in [2.45, 2.75) is 37.1 Å². The average molecular weight is 370 g/mol. The van der Waals surface area contributed by atoms with Crippen LogP contribution in [0.4, 0.5) is 0 Å². The summed E-state index contributed by atoms with van der Waals surface area (Å²) in [6.07, 6.45) is 1.74. The molecule has 0 aliphatic heterocycles. The summed E-state index contributed by atoms with van der Waals surface area (Å²) in [4.78, 5) is 23.0. The largest absolute Gasteiger partial charge is 0.494 e. The van der Waals surface area contributed by atoms with Crippen LogP contribution in [0.25, 0.3) is 0 Å². The third-order valence-corrected chi connectivity index (χ3v) is 4.85. The van der Waals surface area contributed by atoms with Gasteiger partial charge in [0.2, 0.25) is 10.0 Å². The maximum Gasteiger partial charge on any atom is 0.307 e. The number of carbonyl (C=O) groups excluding carboxylic acids is 2. The SMILES string of the molecule is CCOc1ccc(S(=O)(=O)NCCC(=O)OCC(=O)NC2CC2)cc1. The van der Waals surface area contributed by atoms with E-state index in [0.29, 0.717) is 12.4 Å². The first kappa shape index (κ1) is 19.2. The Labute approximate surface area is 146 Å². The van der Waals surface area contributed by atoms with Crippen molar-refractivity contribution >= 4 is 21.9 Å². The molecule has 1 aromatic rings. The van der Waals surface area contributed by atoms with Gasteiger partial charge in [-0.15, -0.1) is 0 Å². The molecule has 0 aromatic heterocycles. The van der Waals surface area contributed by atoms with Crippen LogP contribution in [-0.4, -0.2) is 46.1 Å². The molecular formula is C16H22N2O6S. The molecule has 0 heterocycles. The standard InChI is InChI=1S/C16H22N2O6S/c1-2-23-13-5-7-14(8-6-13)25(21,22)17-10-9-16(20)24-11-15(19)18-12-3-4-12/h5-8,12,17H,2-4,9-11H2,1H3,(H,18,19). The second-order valence-corrected chi connectivity index (χ2v) is 7.32. The second-order valence-electron chi connectivity index (χ2n) is 5.55. The lowest BCUT2D eigenvalue weighted by atomic mass is 10.3. The van der Waals surface area contributed by atoms with Gasteiger partial charge in [-0.1, -0.05) is 0 Å². The number of esters is 1. The van der Waals surface area contributed by atoms with Gasteiger partial charge in [0.15, 0.2) is 6.61 Å². The highest BCUT2D eigenvalue weighted by molar-refractivity contribution is 7.89. The summed E-state index contributed by atoms with van der Waals surface area (Å²) in [5.41, 5.74) is 0. The zero-order valence-corrected chi connectivity index (χ0v) is 14.8. The number of ether oxygens (including phenoxy) is 2. The van der Waals surface area contributed by atoms with Gasteiger partial charge in [-0.25, -0.2) is 13.1 Å². The smallest absolute Gasteiger partial charge is 0.307 e. The molecule has 0 unspecified atom stereocenters. The molecule has 9 heteroatoms. The molecule has 0 radical (unpaired) electrons. The summed E-state index contributed by atoms with van der Waals surface area (Å²) >= 11 is 0. The van der Waals surface area contributed by atoms with Gasteiger partial charge in [0, 0.05) is 12.6 Å². The second kappa shape index (κ2) is 8.82. The van der Waals surface area contributed by atoms with Crippen molar-refractivity contribution in [2.24, 2.45) is 0 Å². The Balaban J connectivity index is 1.71. The van der Waals surface area contributed by atoms with E-state index in [-0.39, 0.29) is 36.4 Å². The zero-order valence-electron chi connectivity index (χ0n) is 14.0. The molecule has 0 saturated heterocycles. The maximum atomic E-state index is 12.1. The first-order valence-electron chi connectivity index (χ1n) is 8.08. The van der Waals surface area contributed by atoms with Crippen LogP contribution in [0.3, 0.4) is 0 Å². The lowest BCUT2D eigenvalue weighted by molar-refractivity contribution is -0.148. The molecule has 0 spiro atoms. The van der Waals surface area contributed by atoms with Gasteiger partial charge in [0.1, 0.15) is 5.75 Å². The summed E-state index contributed by atoms with van der Waals surface area (Å²) < 4.78 is 36.6. The van der Waals surface area contributed by atoms with Crippen LogP contribution in [0.15, 0.2) is 29.2 Å². The van der Waals surface area contributed by atoms with Crippen LogP contribution >= 0.6 is 0 Å². The molecule has 25 heavy (non-hydrogen) atoms. The number of hydrogen-bond acceptors (Lipinski definition) is 6. The lowest BCUT2D eigenvalue weighted by Gasteiger charge is -2.08. The molecule has 1 amide bonds. The highest BCUT2D eigenvalue weighted by atomic mass is 32.2. The number of sulfonamides is 1. The molecule has 1 fully saturated rings. The summed E-state index contributed by atoms with van der Waals surface area (Å²) in [6.45, 7) is 1.87. The number of nitrogens with one attached hydrogen (secondary N) is 2. The van der Waals surface area contributed by atoms with E-state index in [1.165, 1.54) is 12.1 Å². The van der Waals surface area contributed by atoms with Crippen molar-refractivity contribution in [2.75, 3.05) is 19.8 Å². The van der Waals surface area contributed by atoms with Crippen molar-refractivity contribution in [3.63, 3.8) is 0 Å². The Kier molecular flexibility index (Phi) is 6.77. The van der Waals surface area contributed by atoms with Crippen LogP contribution in [0.5, 0.6) is 5.75 Å². The Bertz CT molecular complexity index is 698. The molecule has 1 saturated carbocycles. The number of hydrogen-bond donors (Lipinski definition) is 2. The summed E-state index contributed by atoms with van der Waals surface area (Å²) in [5.74, 6) is -0.402. The van der Waals surface area contributed by atoms with E-state index in [0.717, 1.165) is 12.8 Å². The van der Waals surface area contributed by atoms with Crippen LogP contribution in [-0.2, 0) is 24.3 Å². The van der Waals surface area contributed by atoms with Crippen LogP contribution in [0.1, 0.15) is 26.2 Å². The predicted octanol–water partition coefficient (Wildman–Crippen LogP) is 0.576. The summed E-state index contributed by atoms with van der Waals surface area (Å²) in [5, 5.41) is 2.69. The van der Waals surface area contributed by atoms with E-state index in [4.69, 9.17) is 9.47 Å². The Hall–Kier alpha value is -2.13. The molecule has 1 aromatic carbocycles. The minimum absolute atomic E-state index is 0.0770. The Morgan fingerprint density at radius 2 is 1.88 bits per heavy atom.